The molecule has 1 aromatic heterocycles. The van der Waals surface area contributed by atoms with Gasteiger partial charge in [-0.15, -0.1) is 11.3 Å². The van der Waals surface area contributed by atoms with E-state index in [9.17, 15) is 10.1 Å². The first kappa shape index (κ1) is 12.9. The summed E-state index contributed by atoms with van der Waals surface area (Å²) in [4.78, 5) is 12.7. The molecule has 0 atom stereocenters. The Hall–Kier alpha value is -1.54. The molecule has 1 aromatic rings. The van der Waals surface area contributed by atoms with E-state index in [1.54, 1.807) is 18.6 Å². The van der Waals surface area contributed by atoms with Gasteiger partial charge in [0.2, 0.25) is 0 Å². The van der Waals surface area contributed by atoms with E-state index in [1.165, 1.54) is 11.3 Å². The van der Waals surface area contributed by atoms with E-state index in [0.717, 1.165) is 32.1 Å². The van der Waals surface area contributed by atoms with Crippen molar-refractivity contribution in [1.82, 2.24) is 5.32 Å². The van der Waals surface area contributed by atoms with Crippen molar-refractivity contribution in [3.8, 4) is 11.8 Å². The van der Waals surface area contributed by atoms with Crippen LogP contribution in [0.3, 0.4) is 0 Å². The molecule has 1 saturated carbocycles. The van der Waals surface area contributed by atoms with Gasteiger partial charge in [-0.3, -0.25) is 4.79 Å². The molecule has 96 valence electrons. The van der Waals surface area contributed by atoms with Crippen molar-refractivity contribution in [2.24, 2.45) is 0 Å². The smallest absolute Gasteiger partial charge is 0.262 e. The SMILES string of the molecule is COc1csc(C(=O)NC2(C#N)CCCCC2)c1. The molecule has 0 unspecified atom stereocenters. The Morgan fingerprint density at radius 3 is 2.78 bits per heavy atom. The molecule has 1 aliphatic carbocycles. The number of thiophene rings is 1. The lowest BCUT2D eigenvalue weighted by Gasteiger charge is -2.31. The number of nitrogens with one attached hydrogen (secondary N) is 1. The van der Waals surface area contributed by atoms with Crippen LogP contribution in [0.2, 0.25) is 0 Å². The third-order valence-corrected chi connectivity index (χ3v) is 4.22. The number of nitrogens with zero attached hydrogens (tertiary/aromatic N) is 1. The number of amides is 1. The molecular formula is C13H16N2O2S. The normalized spacial score (nSPS) is 17.8. The summed E-state index contributed by atoms with van der Waals surface area (Å²) in [5.74, 6) is 0.506. The lowest BCUT2D eigenvalue weighted by atomic mass is 9.83. The van der Waals surface area contributed by atoms with Crippen molar-refractivity contribution in [3.05, 3.63) is 16.3 Å². The highest BCUT2D eigenvalue weighted by Crippen LogP contribution is 2.29. The Morgan fingerprint density at radius 2 is 2.22 bits per heavy atom. The maximum atomic E-state index is 12.1. The lowest BCUT2D eigenvalue weighted by molar-refractivity contribution is 0.0906. The minimum atomic E-state index is -0.674. The molecule has 1 fully saturated rings. The molecule has 1 aliphatic rings. The summed E-state index contributed by atoms with van der Waals surface area (Å²) in [6, 6.07) is 3.98. The average Bonchev–Trinajstić information content (AvgIpc) is 2.88. The van der Waals surface area contributed by atoms with E-state index in [0.29, 0.717) is 10.6 Å². The van der Waals surface area contributed by atoms with E-state index in [4.69, 9.17) is 4.74 Å². The summed E-state index contributed by atoms with van der Waals surface area (Å²) in [7, 11) is 1.57. The average molecular weight is 264 g/mol. The highest BCUT2D eigenvalue weighted by atomic mass is 32.1. The molecule has 0 radical (unpaired) electrons. The fraction of sp³-hybridized carbons (Fsp3) is 0.538. The molecule has 1 heterocycles. The number of hydrogen-bond donors (Lipinski definition) is 1. The summed E-state index contributed by atoms with van der Waals surface area (Å²) >= 11 is 1.33. The number of methoxy groups -OCH3 is 1. The van der Waals surface area contributed by atoms with Gasteiger partial charge in [-0.1, -0.05) is 19.3 Å². The zero-order chi connectivity index (χ0) is 13.0. The van der Waals surface area contributed by atoms with Crippen LogP contribution in [-0.4, -0.2) is 18.6 Å². The van der Waals surface area contributed by atoms with E-state index in [1.807, 2.05) is 0 Å². The zero-order valence-electron chi connectivity index (χ0n) is 10.4. The summed E-state index contributed by atoms with van der Waals surface area (Å²) in [6.07, 6.45) is 4.64. The van der Waals surface area contributed by atoms with Crippen LogP contribution in [-0.2, 0) is 0 Å². The number of nitriles is 1. The number of rotatable bonds is 3. The zero-order valence-corrected chi connectivity index (χ0v) is 11.2. The summed E-state index contributed by atoms with van der Waals surface area (Å²) in [5, 5.41) is 14.0. The highest BCUT2D eigenvalue weighted by Gasteiger charge is 2.34. The van der Waals surface area contributed by atoms with Gasteiger partial charge in [0.1, 0.15) is 11.3 Å². The van der Waals surface area contributed by atoms with Crippen LogP contribution in [0.4, 0.5) is 0 Å². The predicted molar refractivity (Wildman–Crippen MR) is 69.8 cm³/mol. The van der Waals surface area contributed by atoms with Crippen molar-refractivity contribution < 1.29 is 9.53 Å². The van der Waals surface area contributed by atoms with Gasteiger partial charge in [0.15, 0.2) is 0 Å². The second-order valence-corrected chi connectivity index (χ2v) is 5.47. The molecular weight excluding hydrogens is 248 g/mol. The minimum absolute atomic E-state index is 0.174. The van der Waals surface area contributed by atoms with Crippen LogP contribution < -0.4 is 10.1 Å². The molecule has 4 nitrogen and oxygen atoms in total. The Morgan fingerprint density at radius 1 is 1.50 bits per heavy atom. The molecule has 1 amide bonds. The van der Waals surface area contributed by atoms with E-state index < -0.39 is 5.54 Å². The first-order chi connectivity index (χ1) is 8.69. The van der Waals surface area contributed by atoms with Gasteiger partial charge in [0.05, 0.1) is 18.1 Å². The Bertz CT molecular complexity index is 470. The minimum Gasteiger partial charge on any atom is -0.496 e. The number of hydrogen-bond acceptors (Lipinski definition) is 4. The monoisotopic (exact) mass is 264 g/mol. The fourth-order valence-corrected chi connectivity index (χ4v) is 2.99. The van der Waals surface area contributed by atoms with Crippen molar-refractivity contribution in [3.63, 3.8) is 0 Å². The Labute approximate surface area is 111 Å². The summed E-state index contributed by atoms with van der Waals surface area (Å²) < 4.78 is 5.05. The van der Waals surface area contributed by atoms with Gasteiger partial charge in [-0.25, -0.2) is 0 Å². The molecule has 1 N–H and O–H groups in total. The number of ether oxygens (including phenoxy) is 1. The largest absolute Gasteiger partial charge is 0.496 e. The molecule has 2 rings (SSSR count). The molecule has 0 bridgehead atoms. The van der Waals surface area contributed by atoms with Crippen LogP contribution in [0, 0.1) is 11.3 Å². The van der Waals surface area contributed by atoms with Gasteiger partial charge in [0, 0.05) is 11.4 Å². The quantitative estimate of drug-likeness (QED) is 0.913. The second kappa shape index (κ2) is 5.40. The first-order valence-electron chi connectivity index (χ1n) is 6.05. The van der Waals surface area contributed by atoms with Crippen molar-refractivity contribution in [2.75, 3.05) is 7.11 Å². The van der Waals surface area contributed by atoms with Crippen LogP contribution in [0.5, 0.6) is 5.75 Å². The highest BCUT2D eigenvalue weighted by molar-refractivity contribution is 7.12. The van der Waals surface area contributed by atoms with Gasteiger partial charge in [-0.2, -0.15) is 5.26 Å². The second-order valence-electron chi connectivity index (χ2n) is 4.56. The van der Waals surface area contributed by atoms with Gasteiger partial charge < -0.3 is 10.1 Å². The first-order valence-corrected chi connectivity index (χ1v) is 6.93. The van der Waals surface area contributed by atoms with Gasteiger partial charge >= 0.3 is 0 Å². The van der Waals surface area contributed by atoms with E-state index >= 15 is 0 Å². The third-order valence-electron chi connectivity index (χ3n) is 3.31. The molecule has 0 spiro atoms. The van der Waals surface area contributed by atoms with Crippen molar-refractivity contribution in [1.29, 1.82) is 5.26 Å². The van der Waals surface area contributed by atoms with Crippen LogP contribution in [0.1, 0.15) is 41.8 Å². The van der Waals surface area contributed by atoms with Crippen LogP contribution in [0.15, 0.2) is 11.4 Å². The van der Waals surface area contributed by atoms with Crippen molar-refractivity contribution >= 4 is 17.2 Å². The molecule has 0 saturated heterocycles. The molecule has 0 aliphatic heterocycles. The van der Waals surface area contributed by atoms with Gasteiger partial charge in [-0.05, 0) is 12.8 Å². The Kier molecular flexibility index (Phi) is 3.87. The van der Waals surface area contributed by atoms with Crippen molar-refractivity contribution in [2.45, 2.75) is 37.6 Å². The van der Waals surface area contributed by atoms with E-state index in [2.05, 4.69) is 11.4 Å². The Balaban J connectivity index is 2.08. The maximum absolute atomic E-state index is 12.1. The number of carbonyl (C=O) groups excluding carboxylic acids is 1. The maximum Gasteiger partial charge on any atom is 0.262 e. The molecule has 0 aromatic carbocycles. The van der Waals surface area contributed by atoms with E-state index in [-0.39, 0.29) is 5.91 Å². The van der Waals surface area contributed by atoms with Crippen LogP contribution in [0.25, 0.3) is 0 Å². The molecule has 18 heavy (non-hydrogen) atoms. The fourth-order valence-electron chi connectivity index (χ4n) is 2.24. The molecule has 5 heteroatoms. The number of carbonyl (C=O) groups is 1. The van der Waals surface area contributed by atoms with Crippen LogP contribution >= 0.6 is 11.3 Å². The summed E-state index contributed by atoms with van der Waals surface area (Å²) in [6.45, 7) is 0. The van der Waals surface area contributed by atoms with Gasteiger partial charge in [0.25, 0.3) is 5.91 Å². The third kappa shape index (κ3) is 2.65. The lowest BCUT2D eigenvalue weighted by Crippen LogP contribution is -2.48. The standard InChI is InChI=1S/C13H16N2O2S/c1-17-10-7-11(18-8-10)12(16)15-13(9-14)5-3-2-4-6-13/h7-8H,2-6H2,1H3,(H,15,16). The summed E-state index contributed by atoms with van der Waals surface area (Å²) in [5.41, 5.74) is -0.674. The topological polar surface area (TPSA) is 62.1 Å². The predicted octanol–water partition coefficient (Wildman–Crippen LogP) is 2.71.